The summed E-state index contributed by atoms with van der Waals surface area (Å²) in [6.45, 7) is 0.775. The Bertz CT molecular complexity index is 335. The van der Waals surface area contributed by atoms with Gasteiger partial charge in [0, 0.05) is 16.3 Å². The largest absolute Gasteiger partial charge is 0.477 e. The zero-order chi connectivity index (χ0) is 10.4. The van der Waals surface area contributed by atoms with E-state index in [2.05, 4.69) is 5.16 Å². The van der Waals surface area contributed by atoms with Gasteiger partial charge in [-0.3, -0.25) is 0 Å². The summed E-state index contributed by atoms with van der Waals surface area (Å²) in [4.78, 5) is 16.8. The van der Waals surface area contributed by atoms with E-state index in [1.165, 1.54) is 11.3 Å². The van der Waals surface area contributed by atoms with Crippen molar-refractivity contribution in [1.29, 1.82) is 0 Å². The van der Waals surface area contributed by atoms with Crippen LogP contribution >= 0.6 is 11.3 Å². The van der Waals surface area contributed by atoms with Gasteiger partial charge >= 0.3 is 5.97 Å². The van der Waals surface area contributed by atoms with Crippen molar-refractivity contribution in [3.63, 3.8) is 0 Å². The Hall–Kier alpha value is -1.40. The molecule has 0 saturated carbocycles. The Morgan fingerprint density at radius 1 is 1.64 bits per heavy atom. The molecule has 1 rings (SSSR count). The number of carbonyl (C=O) groups is 1. The number of nitrogens with zero attached hydrogens (tertiary/aromatic N) is 1. The third-order valence-corrected chi connectivity index (χ3v) is 2.44. The molecular weight excluding hydrogens is 204 g/mol. The van der Waals surface area contributed by atoms with Gasteiger partial charge in [0.25, 0.3) is 0 Å². The smallest absolute Gasteiger partial charge is 0.350 e. The maximum atomic E-state index is 10.0. The van der Waals surface area contributed by atoms with Gasteiger partial charge in [-0.15, -0.1) is 11.3 Å². The van der Waals surface area contributed by atoms with Crippen molar-refractivity contribution >= 4 is 23.5 Å². The fraction of sp³-hybridized carbons (Fsp3) is 0.250. The Kier molecular flexibility index (Phi) is 4.09. The van der Waals surface area contributed by atoms with Gasteiger partial charge in [0.05, 0.1) is 0 Å². The number of hydrogen-bond donors (Lipinski definition) is 2. The lowest BCUT2D eigenvalue weighted by atomic mass is 10.4. The SMILES string of the molecule is NCc1ccc(CO/N=C\C(=O)O)s1. The summed E-state index contributed by atoms with van der Waals surface area (Å²) in [5.74, 6) is -1.13. The van der Waals surface area contributed by atoms with E-state index in [0.717, 1.165) is 9.75 Å². The van der Waals surface area contributed by atoms with E-state index in [-0.39, 0.29) is 6.61 Å². The highest BCUT2D eigenvalue weighted by Crippen LogP contribution is 2.16. The summed E-state index contributed by atoms with van der Waals surface area (Å²) in [6.07, 6.45) is 0.706. The summed E-state index contributed by atoms with van der Waals surface area (Å²) in [5, 5.41) is 11.5. The van der Waals surface area contributed by atoms with Crippen molar-refractivity contribution in [3.05, 3.63) is 21.9 Å². The second-order valence-electron chi connectivity index (χ2n) is 2.42. The molecule has 3 N–H and O–H groups in total. The van der Waals surface area contributed by atoms with Crippen LogP contribution in [-0.2, 0) is 22.8 Å². The van der Waals surface area contributed by atoms with Gasteiger partial charge in [-0.2, -0.15) is 0 Å². The molecule has 1 heterocycles. The second-order valence-corrected chi connectivity index (χ2v) is 3.67. The first-order valence-electron chi connectivity index (χ1n) is 3.88. The molecule has 0 aliphatic rings. The summed E-state index contributed by atoms with van der Waals surface area (Å²) < 4.78 is 0. The van der Waals surface area contributed by atoms with Crippen LogP contribution in [0.2, 0.25) is 0 Å². The number of rotatable bonds is 5. The minimum Gasteiger partial charge on any atom is -0.477 e. The van der Waals surface area contributed by atoms with Crippen LogP contribution in [-0.4, -0.2) is 17.3 Å². The van der Waals surface area contributed by atoms with E-state index < -0.39 is 5.97 Å². The highest BCUT2D eigenvalue weighted by atomic mass is 32.1. The van der Waals surface area contributed by atoms with E-state index in [1.54, 1.807) is 0 Å². The van der Waals surface area contributed by atoms with Crippen LogP contribution in [0.25, 0.3) is 0 Å². The molecule has 0 spiro atoms. The number of carboxylic acid groups (broad SMARTS) is 1. The predicted molar refractivity (Wildman–Crippen MR) is 53.1 cm³/mol. The molecule has 0 radical (unpaired) electrons. The highest BCUT2D eigenvalue weighted by Gasteiger charge is 1.98. The van der Waals surface area contributed by atoms with Gasteiger partial charge in [0.2, 0.25) is 0 Å². The third kappa shape index (κ3) is 3.55. The zero-order valence-electron chi connectivity index (χ0n) is 7.34. The number of oxime groups is 1. The highest BCUT2D eigenvalue weighted by molar-refractivity contribution is 7.11. The molecule has 6 heteroatoms. The van der Waals surface area contributed by atoms with Crippen molar-refractivity contribution in [2.45, 2.75) is 13.2 Å². The molecule has 0 aliphatic heterocycles. The Balaban J connectivity index is 2.34. The number of thiophene rings is 1. The first-order valence-corrected chi connectivity index (χ1v) is 4.70. The average molecular weight is 214 g/mol. The van der Waals surface area contributed by atoms with Crippen LogP contribution in [0.3, 0.4) is 0 Å². The molecule has 0 amide bonds. The summed E-state index contributed by atoms with van der Waals surface area (Å²) in [5.41, 5.74) is 5.42. The summed E-state index contributed by atoms with van der Waals surface area (Å²) >= 11 is 1.52. The summed E-state index contributed by atoms with van der Waals surface area (Å²) in [6, 6.07) is 3.79. The van der Waals surface area contributed by atoms with Gasteiger partial charge in [0.1, 0.15) is 0 Å². The van der Waals surface area contributed by atoms with Crippen LogP contribution in [0, 0.1) is 0 Å². The van der Waals surface area contributed by atoms with Gasteiger partial charge in [0.15, 0.2) is 12.8 Å². The van der Waals surface area contributed by atoms with Gasteiger partial charge < -0.3 is 15.7 Å². The van der Waals surface area contributed by atoms with Crippen molar-refractivity contribution in [3.8, 4) is 0 Å². The summed E-state index contributed by atoms with van der Waals surface area (Å²) in [7, 11) is 0. The van der Waals surface area contributed by atoms with Crippen LogP contribution in [0.5, 0.6) is 0 Å². The monoisotopic (exact) mass is 214 g/mol. The lowest BCUT2D eigenvalue weighted by molar-refractivity contribution is -0.129. The minimum atomic E-state index is -1.13. The maximum Gasteiger partial charge on any atom is 0.350 e. The Morgan fingerprint density at radius 3 is 2.93 bits per heavy atom. The Morgan fingerprint density at radius 2 is 2.36 bits per heavy atom. The molecule has 0 atom stereocenters. The van der Waals surface area contributed by atoms with Gasteiger partial charge in [-0.1, -0.05) is 5.16 Å². The molecule has 0 aliphatic carbocycles. The molecule has 76 valence electrons. The number of hydrogen-bond acceptors (Lipinski definition) is 5. The van der Waals surface area contributed by atoms with Crippen molar-refractivity contribution in [2.24, 2.45) is 10.9 Å². The molecule has 5 nitrogen and oxygen atoms in total. The van der Waals surface area contributed by atoms with Crippen LogP contribution in [0.15, 0.2) is 17.3 Å². The first-order chi connectivity index (χ1) is 6.72. The van der Waals surface area contributed by atoms with E-state index in [4.69, 9.17) is 15.7 Å². The normalized spacial score (nSPS) is 10.6. The minimum absolute atomic E-state index is 0.272. The molecule has 0 saturated heterocycles. The van der Waals surface area contributed by atoms with Crippen LogP contribution < -0.4 is 5.73 Å². The van der Waals surface area contributed by atoms with E-state index in [9.17, 15) is 4.79 Å². The average Bonchev–Trinajstić information content (AvgIpc) is 2.60. The molecule has 14 heavy (non-hydrogen) atoms. The van der Waals surface area contributed by atoms with Gasteiger partial charge in [-0.25, -0.2) is 4.79 Å². The maximum absolute atomic E-state index is 10.0. The second kappa shape index (κ2) is 5.36. The molecule has 0 bridgehead atoms. The van der Waals surface area contributed by atoms with Crippen LogP contribution in [0.4, 0.5) is 0 Å². The lowest BCUT2D eigenvalue weighted by Gasteiger charge is -1.93. The topological polar surface area (TPSA) is 84.9 Å². The number of nitrogens with two attached hydrogens (primary N) is 1. The fourth-order valence-corrected chi connectivity index (χ4v) is 1.60. The van der Waals surface area contributed by atoms with E-state index in [0.29, 0.717) is 12.8 Å². The van der Waals surface area contributed by atoms with Crippen molar-refractivity contribution in [2.75, 3.05) is 0 Å². The zero-order valence-corrected chi connectivity index (χ0v) is 8.16. The fourth-order valence-electron chi connectivity index (χ4n) is 0.793. The predicted octanol–water partition coefficient (Wildman–Crippen LogP) is 0.794. The quantitative estimate of drug-likeness (QED) is 0.560. The molecular formula is C8H10N2O3S. The molecule has 0 aromatic carbocycles. The lowest BCUT2D eigenvalue weighted by Crippen LogP contribution is -1.95. The molecule has 1 aromatic rings. The molecule has 0 unspecified atom stereocenters. The standard InChI is InChI=1S/C8H10N2O3S/c9-3-6-1-2-7(14-6)5-13-10-4-8(11)12/h1-2,4H,3,5,9H2,(H,11,12)/b10-4-. The third-order valence-electron chi connectivity index (χ3n) is 1.36. The first kappa shape index (κ1) is 10.7. The number of carboxylic acids is 1. The Labute approximate surface area is 84.8 Å². The molecule has 1 aromatic heterocycles. The van der Waals surface area contributed by atoms with E-state index in [1.807, 2.05) is 12.1 Å². The van der Waals surface area contributed by atoms with E-state index >= 15 is 0 Å². The molecule has 0 fully saturated rings. The number of aliphatic carboxylic acids is 1. The van der Waals surface area contributed by atoms with Crippen molar-refractivity contribution < 1.29 is 14.7 Å². The van der Waals surface area contributed by atoms with Gasteiger partial charge in [-0.05, 0) is 12.1 Å². The van der Waals surface area contributed by atoms with Crippen molar-refractivity contribution in [1.82, 2.24) is 0 Å². The van der Waals surface area contributed by atoms with Crippen LogP contribution in [0.1, 0.15) is 9.75 Å².